The van der Waals surface area contributed by atoms with Crippen LogP contribution in [-0.4, -0.2) is 23.6 Å². The molecule has 1 N–H and O–H groups in total. The second-order valence-electron chi connectivity index (χ2n) is 5.19. The molecular formula is C17H25ClO3. The fraction of sp³-hybridized carbons (Fsp3) is 0.588. The Balaban J connectivity index is 3.47. The van der Waals surface area contributed by atoms with Crippen molar-refractivity contribution in [1.29, 1.82) is 0 Å². The van der Waals surface area contributed by atoms with Gasteiger partial charge >= 0.3 is 5.97 Å². The van der Waals surface area contributed by atoms with E-state index in [-0.39, 0.29) is 5.75 Å². The van der Waals surface area contributed by atoms with Crippen molar-refractivity contribution in [2.45, 2.75) is 53.4 Å². The van der Waals surface area contributed by atoms with Crippen molar-refractivity contribution < 1.29 is 14.6 Å². The van der Waals surface area contributed by atoms with Gasteiger partial charge in [0.15, 0.2) is 0 Å². The zero-order valence-corrected chi connectivity index (χ0v) is 14.1. The van der Waals surface area contributed by atoms with Gasteiger partial charge in [-0.05, 0) is 62.3 Å². The van der Waals surface area contributed by atoms with Gasteiger partial charge < -0.3 is 9.84 Å². The summed E-state index contributed by atoms with van der Waals surface area (Å²) in [6.07, 6.45) is 3.45. The number of unbranched alkanes of at least 4 members (excludes halogenated alkanes) is 1. The van der Waals surface area contributed by atoms with Crippen LogP contribution in [0, 0.1) is 13.8 Å². The van der Waals surface area contributed by atoms with Gasteiger partial charge in [-0.2, -0.15) is 0 Å². The van der Waals surface area contributed by atoms with Crippen molar-refractivity contribution in [3.8, 4) is 5.75 Å². The van der Waals surface area contributed by atoms with Crippen LogP contribution in [0.5, 0.6) is 5.75 Å². The van der Waals surface area contributed by atoms with Crippen LogP contribution in [0.4, 0.5) is 0 Å². The molecule has 1 aromatic rings. The van der Waals surface area contributed by atoms with E-state index in [0.717, 1.165) is 41.5 Å². The molecule has 0 unspecified atom stereocenters. The lowest BCUT2D eigenvalue weighted by molar-refractivity contribution is 0.0522. The highest BCUT2D eigenvalue weighted by Crippen LogP contribution is 2.34. The molecule has 4 heteroatoms. The monoisotopic (exact) mass is 312 g/mol. The van der Waals surface area contributed by atoms with E-state index < -0.39 is 5.97 Å². The zero-order valence-electron chi connectivity index (χ0n) is 13.4. The molecule has 1 aromatic carbocycles. The second kappa shape index (κ2) is 8.28. The minimum absolute atomic E-state index is 0.0789. The van der Waals surface area contributed by atoms with Crippen molar-refractivity contribution in [3.05, 3.63) is 27.8 Å². The van der Waals surface area contributed by atoms with Gasteiger partial charge in [-0.15, -0.1) is 11.6 Å². The molecule has 21 heavy (non-hydrogen) atoms. The van der Waals surface area contributed by atoms with Crippen LogP contribution in [0.1, 0.15) is 59.3 Å². The quantitative estimate of drug-likeness (QED) is 0.603. The molecule has 0 atom stereocenters. The Hall–Kier alpha value is -1.22. The minimum Gasteiger partial charge on any atom is -0.507 e. The molecule has 0 heterocycles. The number of ether oxygens (including phenoxy) is 1. The van der Waals surface area contributed by atoms with Crippen molar-refractivity contribution in [2.75, 3.05) is 12.5 Å². The fourth-order valence-corrected chi connectivity index (χ4v) is 2.89. The average Bonchev–Trinajstić information content (AvgIpc) is 2.44. The third-order valence-electron chi connectivity index (χ3n) is 3.86. The molecule has 0 fully saturated rings. The molecule has 3 nitrogen and oxygen atoms in total. The highest BCUT2D eigenvalue weighted by atomic mass is 35.5. The number of halogens is 1. The molecule has 118 valence electrons. The summed E-state index contributed by atoms with van der Waals surface area (Å²) in [5.74, 6) is 0.110. The highest BCUT2D eigenvalue weighted by molar-refractivity contribution is 6.18. The third kappa shape index (κ3) is 3.91. The van der Waals surface area contributed by atoms with Crippen LogP contribution in [0.2, 0.25) is 0 Å². The Morgan fingerprint density at radius 1 is 1.14 bits per heavy atom. The van der Waals surface area contributed by atoms with Crippen LogP contribution in [-0.2, 0) is 17.6 Å². The topological polar surface area (TPSA) is 46.5 Å². The number of benzene rings is 1. The first-order chi connectivity index (χ1) is 9.99. The van der Waals surface area contributed by atoms with E-state index in [1.807, 2.05) is 13.8 Å². The van der Waals surface area contributed by atoms with E-state index in [9.17, 15) is 9.90 Å². The molecular weight excluding hydrogens is 288 g/mol. The number of esters is 1. The van der Waals surface area contributed by atoms with Crippen LogP contribution in [0.3, 0.4) is 0 Å². The number of aromatic hydroxyl groups is 1. The largest absolute Gasteiger partial charge is 0.507 e. The van der Waals surface area contributed by atoms with Crippen LogP contribution >= 0.6 is 11.6 Å². The van der Waals surface area contributed by atoms with Gasteiger partial charge in [-0.3, -0.25) is 0 Å². The lowest BCUT2D eigenvalue weighted by atomic mass is 9.88. The number of hydrogen-bond acceptors (Lipinski definition) is 3. The standard InChI is InChI=1S/C17H25ClO3/c1-5-7-8-14-11(3)13(9-10-18)12(4)15(16(14)19)17(20)21-6-2/h19H,5-10H2,1-4H3. The third-order valence-corrected chi connectivity index (χ3v) is 4.05. The lowest BCUT2D eigenvalue weighted by Crippen LogP contribution is -2.12. The van der Waals surface area contributed by atoms with Crippen LogP contribution in [0.15, 0.2) is 0 Å². The molecule has 0 aliphatic rings. The number of rotatable bonds is 7. The van der Waals surface area contributed by atoms with Gasteiger partial charge in [-0.25, -0.2) is 4.79 Å². The predicted molar refractivity (Wildman–Crippen MR) is 86.6 cm³/mol. The van der Waals surface area contributed by atoms with Gasteiger partial charge in [0.2, 0.25) is 0 Å². The van der Waals surface area contributed by atoms with Crippen LogP contribution < -0.4 is 0 Å². The van der Waals surface area contributed by atoms with Gasteiger partial charge in [-0.1, -0.05) is 13.3 Å². The molecule has 0 radical (unpaired) electrons. The van der Waals surface area contributed by atoms with E-state index in [2.05, 4.69) is 6.92 Å². The predicted octanol–water partition coefficient (Wildman–Crippen LogP) is 4.31. The van der Waals surface area contributed by atoms with Crippen LogP contribution in [0.25, 0.3) is 0 Å². The van der Waals surface area contributed by atoms with E-state index in [4.69, 9.17) is 16.3 Å². The summed E-state index contributed by atoms with van der Waals surface area (Å²) in [6.45, 7) is 8.00. The Bertz CT molecular complexity index is 509. The molecule has 0 spiro atoms. The summed E-state index contributed by atoms with van der Waals surface area (Å²) in [5, 5.41) is 10.5. The second-order valence-corrected chi connectivity index (χ2v) is 5.57. The first-order valence-electron chi connectivity index (χ1n) is 7.56. The van der Waals surface area contributed by atoms with Crippen molar-refractivity contribution in [1.82, 2.24) is 0 Å². The number of alkyl halides is 1. The van der Waals surface area contributed by atoms with Gasteiger partial charge in [0.1, 0.15) is 11.3 Å². The Labute approximate surface area is 132 Å². The first-order valence-corrected chi connectivity index (χ1v) is 8.09. The molecule has 0 amide bonds. The molecule has 0 saturated heterocycles. The van der Waals surface area contributed by atoms with E-state index in [1.165, 1.54) is 0 Å². The maximum absolute atomic E-state index is 12.2. The molecule has 1 rings (SSSR count). The number of phenols is 1. The average molecular weight is 313 g/mol. The SMILES string of the molecule is CCCCc1c(C)c(CCCl)c(C)c(C(=O)OCC)c1O. The van der Waals surface area contributed by atoms with Crippen molar-refractivity contribution in [2.24, 2.45) is 0 Å². The normalized spacial score (nSPS) is 10.7. The van der Waals surface area contributed by atoms with E-state index in [1.54, 1.807) is 6.92 Å². The first kappa shape index (κ1) is 17.8. The van der Waals surface area contributed by atoms with Crippen molar-refractivity contribution in [3.63, 3.8) is 0 Å². The van der Waals surface area contributed by atoms with E-state index in [0.29, 0.717) is 24.5 Å². The van der Waals surface area contributed by atoms with Gasteiger partial charge in [0, 0.05) is 5.88 Å². The lowest BCUT2D eigenvalue weighted by Gasteiger charge is -2.19. The number of hydrogen-bond donors (Lipinski definition) is 1. The summed E-state index contributed by atoms with van der Waals surface area (Å²) in [5.41, 5.74) is 4.03. The highest BCUT2D eigenvalue weighted by Gasteiger charge is 2.24. The maximum Gasteiger partial charge on any atom is 0.342 e. The number of phenolic OH excluding ortho intramolecular Hbond substituents is 1. The van der Waals surface area contributed by atoms with Gasteiger partial charge in [0.05, 0.1) is 6.61 Å². The summed E-state index contributed by atoms with van der Waals surface area (Å²) in [6, 6.07) is 0. The molecule has 0 bridgehead atoms. The maximum atomic E-state index is 12.2. The Morgan fingerprint density at radius 3 is 2.33 bits per heavy atom. The van der Waals surface area contributed by atoms with Gasteiger partial charge in [0.25, 0.3) is 0 Å². The zero-order chi connectivity index (χ0) is 16.0. The summed E-state index contributed by atoms with van der Waals surface area (Å²) in [4.78, 5) is 12.2. The minimum atomic E-state index is -0.457. The number of carbonyl (C=O) groups is 1. The summed E-state index contributed by atoms with van der Waals surface area (Å²) >= 11 is 5.89. The molecule has 0 aliphatic carbocycles. The molecule has 0 saturated carbocycles. The molecule has 0 aromatic heterocycles. The molecule has 0 aliphatic heterocycles. The van der Waals surface area contributed by atoms with Crippen molar-refractivity contribution >= 4 is 17.6 Å². The summed E-state index contributed by atoms with van der Waals surface area (Å²) < 4.78 is 5.09. The smallest absolute Gasteiger partial charge is 0.342 e. The number of carbonyl (C=O) groups excluding carboxylic acids is 1. The Morgan fingerprint density at radius 2 is 1.81 bits per heavy atom. The fourth-order valence-electron chi connectivity index (χ4n) is 2.70. The summed E-state index contributed by atoms with van der Waals surface area (Å²) in [7, 11) is 0. The van der Waals surface area contributed by atoms with E-state index >= 15 is 0 Å². The Kier molecular flexibility index (Phi) is 7.03.